The molecule has 6 unspecified atom stereocenters. The number of phenols is 1. The van der Waals surface area contributed by atoms with Gasteiger partial charge >= 0.3 is 0 Å². The second-order valence-corrected chi connectivity index (χ2v) is 14.3. The van der Waals surface area contributed by atoms with E-state index in [4.69, 9.17) is 16.3 Å². The van der Waals surface area contributed by atoms with E-state index in [9.17, 15) is 19.5 Å². The van der Waals surface area contributed by atoms with Crippen LogP contribution < -0.4 is 9.64 Å². The fraction of sp³-hybridized carbons (Fsp3) is 0.263. The van der Waals surface area contributed by atoms with Crippen LogP contribution >= 0.6 is 22.9 Å². The smallest absolute Gasteiger partial charge is 0.246 e. The van der Waals surface area contributed by atoms with Crippen molar-refractivity contribution in [2.75, 3.05) is 12.0 Å². The minimum atomic E-state index is -1.51. The lowest BCUT2D eigenvalue weighted by atomic mass is 9.49. The zero-order valence-corrected chi connectivity index (χ0v) is 27.5. The summed E-state index contributed by atoms with van der Waals surface area (Å²) in [5.74, 6) is -4.76. The van der Waals surface area contributed by atoms with Crippen molar-refractivity contribution in [3.8, 4) is 11.5 Å². The Morgan fingerprint density at radius 3 is 2.44 bits per heavy atom. The van der Waals surface area contributed by atoms with Crippen LogP contribution in [0.1, 0.15) is 34.8 Å². The fourth-order valence-corrected chi connectivity index (χ4v) is 9.72. The van der Waals surface area contributed by atoms with Crippen molar-refractivity contribution in [2.24, 2.45) is 23.7 Å². The van der Waals surface area contributed by atoms with Gasteiger partial charge in [0.25, 0.3) is 0 Å². The lowest BCUT2D eigenvalue weighted by Gasteiger charge is -2.51. The number of anilines is 1. The predicted octanol–water partition coefficient (Wildman–Crippen LogP) is 6.48. The summed E-state index contributed by atoms with van der Waals surface area (Å²) in [5, 5.41) is 13.9. The molecule has 2 aliphatic carbocycles. The zero-order chi connectivity index (χ0) is 33.3. The van der Waals surface area contributed by atoms with E-state index in [0.717, 1.165) is 10.5 Å². The highest BCUT2D eigenvalue weighted by molar-refractivity contribution is 7.09. The zero-order valence-electron chi connectivity index (χ0n) is 25.9. The maximum Gasteiger partial charge on any atom is 0.246 e. The highest BCUT2D eigenvalue weighted by Crippen LogP contribution is 2.66. The topological polar surface area (TPSA) is 104 Å². The van der Waals surface area contributed by atoms with Crippen molar-refractivity contribution in [1.82, 2.24) is 4.90 Å². The molecule has 3 fully saturated rings. The van der Waals surface area contributed by atoms with Gasteiger partial charge in [0, 0.05) is 21.4 Å². The number of allylic oxidation sites excluding steroid dienone is 2. The van der Waals surface area contributed by atoms with E-state index < -0.39 is 46.8 Å². The Morgan fingerprint density at radius 1 is 0.917 bits per heavy atom. The van der Waals surface area contributed by atoms with Gasteiger partial charge in [-0.15, -0.1) is 11.3 Å². The third kappa shape index (κ3) is 4.26. The third-order valence-electron chi connectivity index (χ3n) is 10.7. The van der Waals surface area contributed by atoms with Gasteiger partial charge in [0.15, 0.2) is 0 Å². The van der Waals surface area contributed by atoms with Gasteiger partial charge in [-0.3, -0.25) is 24.1 Å². The van der Waals surface area contributed by atoms with E-state index in [2.05, 4.69) is 0 Å². The molecule has 1 saturated carbocycles. The number of carbonyl (C=O) groups excluding carboxylic acids is 4. The SMILES string of the molecule is COc1cccc(O)c1C1C2=CCC3C(=O)N(Cc4cccs4)C(=O)C3C2CC2C(=O)N(c3cccc(Cl)c3)C(=O)C21c1ccccc1. The van der Waals surface area contributed by atoms with Crippen LogP contribution in [0.2, 0.25) is 5.02 Å². The molecule has 2 aliphatic heterocycles. The van der Waals surface area contributed by atoms with Crippen LogP contribution in [-0.2, 0) is 31.1 Å². The lowest BCUT2D eigenvalue weighted by Crippen LogP contribution is -2.53. The van der Waals surface area contributed by atoms with Gasteiger partial charge in [0.2, 0.25) is 23.6 Å². The number of methoxy groups -OCH3 is 1. The van der Waals surface area contributed by atoms with Gasteiger partial charge < -0.3 is 9.84 Å². The molecule has 0 radical (unpaired) electrons. The largest absolute Gasteiger partial charge is 0.508 e. The number of phenolic OH excluding ortho intramolecular Hbond substituents is 1. The monoisotopic (exact) mass is 678 g/mol. The van der Waals surface area contributed by atoms with Crippen LogP contribution in [0.5, 0.6) is 11.5 Å². The lowest BCUT2D eigenvalue weighted by molar-refractivity contribution is -0.141. The van der Waals surface area contributed by atoms with E-state index in [-0.39, 0.29) is 30.5 Å². The molecule has 4 aromatic rings. The van der Waals surface area contributed by atoms with E-state index in [1.165, 1.54) is 28.2 Å². The first kappa shape index (κ1) is 30.6. The molecule has 4 aliphatic rings. The number of halogens is 1. The number of hydrogen-bond acceptors (Lipinski definition) is 7. The quantitative estimate of drug-likeness (QED) is 0.185. The molecule has 1 N–H and O–H groups in total. The molecule has 6 atom stereocenters. The molecule has 8 nitrogen and oxygen atoms in total. The van der Waals surface area contributed by atoms with Gasteiger partial charge in [-0.2, -0.15) is 0 Å². The van der Waals surface area contributed by atoms with E-state index >= 15 is 4.79 Å². The van der Waals surface area contributed by atoms with Crippen LogP contribution in [0.3, 0.4) is 0 Å². The molecule has 3 aromatic carbocycles. The molecule has 0 spiro atoms. The molecule has 0 bridgehead atoms. The fourth-order valence-electron chi connectivity index (χ4n) is 8.84. The Hall–Kier alpha value is -4.73. The first-order valence-electron chi connectivity index (χ1n) is 15.9. The van der Waals surface area contributed by atoms with Gasteiger partial charge in [0.05, 0.1) is 42.5 Å². The Kier molecular flexibility index (Phi) is 7.30. The summed E-state index contributed by atoms with van der Waals surface area (Å²) in [6, 6.07) is 24.6. The molecule has 1 aromatic heterocycles. The summed E-state index contributed by atoms with van der Waals surface area (Å²) in [7, 11) is 1.50. The number of amides is 4. The molecule has 3 heterocycles. The van der Waals surface area contributed by atoms with Crippen LogP contribution in [0, 0.1) is 23.7 Å². The highest BCUT2D eigenvalue weighted by atomic mass is 35.5. The first-order chi connectivity index (χ1) is 23.3. The highest BCUT2D eigenvalue weighted by Gasteiger charge is 2.70. The number of nitrogens with zero attached hydrogens (tertiary/aromatic N) is 2. The number of carbonyl (C=O) groups is 4. The first-order valence-corrected chi connectivity index (χ1v) is 17.2. The maximum atomic E-state index is 15.3. The molecule has 10 heteroatoms. The number of benzene rings is 3. The van der Waals surface area contributed by atoms with Crippen LogP contribution in [0.15, 0.2) is 102 Å². The molecule has 8 rings (SSSR count). The maximum absolute atomic E-state index is 15.3. The number of thiophene rings is 1. The average Bonchev–Trinajstić information content (AvgIpc) is 3.76. The van der Waals surface area contributed by atoms with Crippen molar-refractivity contribution in [2.45, 2.75) is 30.7 Å². The second kappa shape index (κ2) is 11.5. The summed E-state index contributed by atoms with van der Waals surface area (Å²) in [4.78, 5) is 61.8. The minimum Gasteiger partial charge on any atom is -0.508 e. The summed E-state index contributed by atoms with van der Waals surface area (Å²) in [5.41, 5.74) is 0.565. The summed E-state index contributed by atoms with van der Waals surface area (Å²) in [6.07, 6.45) is 2.44. The van der Waals surface area contributed by atoms with Crippen molar-refractivity contribution in [3.05, 3.63) is 123 Å². The Labute approximate surface area is 286 Å². The van der Waals surface area contributed by atoms with Crippen molar-refractivity contribution < 1.29 is 29.0 Å². The van der Waals surface area contributed by atoms with Crippen molar-refractivity contribution >= 4 is 52.3 Å². The van der Waals surface area contributed by atoms with E-state index in [1.54, 1.807) is 42.5 Å². The number of imide groups is 2. The number of fused-ring (bicyclic) bond motifs is 4. The van der Waals surface area contributed by atoms with Gasteiger partial charge in [-0.25, -0.2) is 4.90 Å². The van der Waals surface area contributed by atoms with E-state index in [0.29, 0.717) is 34.0 Å². The molecule has 4 amide bonds. The molecule has 242 valence electrons. The van der Waals surface area contributed by atoms with Gasteiger partial charge in [-0.1, -0.05) is 71.8 Å². The van der Waals surface area contributed by atoms with E-state index in [1.807, 2.05) is 53.9 Å². The van der Waals surface area contributed by atoms with Crippen molar-refractivity contribution in [3.63, 3.8) is 0 Å². The summed E-state index contributed by atoms with van der Waals surface area (Å²) >= 11 is 7.87. The number of rotatable bonds is 6. The standard InChI is InChI=1S/C38H31ClN2O6S/c1-47-30-14-6-13-29(42)32(30)33-25-15-16-26-31(36(45)40(34(26)43)20-24-12-7-17-48-24)27(25)19-28-35(44)41(23-11-5-10-22(39)18-23)37(46)38(28,33)21-8-3-2-4-9-21/h2-15,17-18,26-28,31,33,42H,16,19-20H2,1H3. The van der Waals surface area contributed by atoms with Crippen LogP contribution in [0.25, 0.3) is 0 Å². The summed E-state index contributed by atoms with van der Waals surface area (Å²) < 4.78 is 5.84. The van der Waals surface area contributed by atoms with Crippen molar-refractivity contribution in [1.29, 1.82) is 0 Å². The molecule has 2 saturated heterocycles. The number of hydrogen-bond donors (Lipinski definition) is 1. The summed E-state index contributed by atoms with van der Waals surface area (Å²) in [6.45, 7) is 0.193. The number of aromatic hydroxyl groups is 1. The van der Waals surface area contributed by atoms with Gasteiger partial charge in [0.1, 0.15) is 11.5 Å². The second-order valence-electron chi connectivity index (χ2n) is 12.8. The number of ether oxygens (including phenoxy) is 1. The minimum absolute atomic E-state index is 0.0910. The van der Waals surface area contributed by atoms with Gasteiger partial charge in [-0.05, 0) is 66.1 Å². The van der Waals surface area contributed by atoms with Crippen LogP contribution in [0.4, 0.5) is 5.69 Å². The molecule has 48 heavy (non-hydrogen) atoms. The third-order valence-corrected chi connectivity index (χ3v) is 11.8. The predicted molar refractivity (Wildman–Crippen MR) is 181 cm³/mol. The normalized spacial score (nSPS) is 27.9. The average molecular weight is 679 g/mol. The Balaban J connectivity index is 1.37. The number of likely N-dealkylation sites (tertiary alicyclic amines) is 1. The molecular weight excluding hydrogens is 648 g/mol. The Morgan fingerprint density at radius 2 is 1.71 bits per heavy atom. The van der Waals surface area contributed by atoms with Crippen LogP contribution in [-0.4, -0.2) is 40.7 Å². The Bertz CT molecular complexity index is 2010. The molecular formula is C38H31ClN2O6S.